The van der Waals surface area contributed by atoms with Crippen LogP contribution in [0.25, 0.3) is 22.4 Å². The second-order valence-corrected chi connectivity index (χ2v) is 7.23. The van der Waals surface area contributed by atoms with Crippen molar-refractivity contribution in [2.45, 2.75) is 6.92 Å². The Bertz CT molecular complexity index is 1310. The van der Waals surface area contributed by atoms with Gasteiger partial charge in [0.05, 0.1) is 11.4 Å². The number of aromatic nitrogens is 2. The van der Waals surface area contributed by atoms with Gasteiger partial charge in [0, 0.05) is 18.2 Å². The van der Waals surface area contributed by atoms with Crippen LogP contribution < -0.4 is 10.9 Å². The van der Waals surface area contributed by atoms with Crippen LogP contribution in [0.3, 0.4) is 0 Å². The number of phenols is 1. The first-order valence-electron chi connectivity index (χ1n) is 9.79. The van der Waals surface area contributed by atoms with Crippen molar-refractivity contribution in [2.24, 2.45) is 7.05 Å². The normalized spacial score (nSPS) is 10.6. The second kappa shape index (κ2) is 8.28. The van der Waals surface area contributed by atoms with E-state index in [4.69, 9.17) is 0 Å². The number of carbonyl (C=O) groups excluding carboxylic acids is 1. The predicted octanol–water partition coefficient (Wildman–Crippen LogP) is 4.38. The van der Waals surface area contributed by atoms with Crippen LogP contribution in [-0.4, -0.2) is 20.8 Å². The number of hydrogen-bond donors (Lipinski definition) is 2. The highest BCUT2D eigenvalue weighted by Crippen LogP contribution is 2.33. The zero-order valence-corrected chi connectivity index (χ0v) is 17.2. The van der Waals surface area contributed by atoms with Crippen molar-refractivity contribution >= 4 is 11.6 Å². The van der Waals surface area contributed by atoms with E-state index in [0.29, 0.717) is 16.8 Å². The maximum Gasteiger partial charge on any atom is 0.280 e. The molecule has 6 nitrogen and oxygen atoms in total. The maximum atomic E-state index is 13.4. The lowest BCUT2D eigenvalue weighted by atomic mass is 9.95. The lowest BCUT2D eigenvalue weighted by molar-refractivity contribution is 0.102. The molecular weight excluding hydrogens is 390 g/mol. The van der Waals surface area contributed by atoms with Gasteiger partial charge in [-0.15, -0.1) is 0 Å². The Balaban J connectivity index is 1.97. The molecule has 0 bridgehead atoms. The number of aryl methyl sites for hydroxylation is 2. The van der Waals surface area contributed by atoms with Crippen molar-refractivity contribution in [3.8, 4) is 28.1 Å². The third-order valence-electron chi connectivity index (χ3n) is 4.98. The van der Waals surface area contributed by atoms with Gasteiger partial charge in [-0.05, 0) is 30.2 Å². The van der Waals surface area contributed by atoms with Gasteiger partial charge in [-0.3, -0.25) is 9.59 Å². The fourth-order valence-corrected chi connectivity index (χ4v) is 3.46. The van der Waals surface area contributed by atoms with E-state index in [2.05, 4.69) is 10.4 Å². The van der Waals surface area contributed by atoms with E-state index in [1.807, 2.05) is 67.6 Å². The van der Waals surface area contributed by atoms with Crippen molar-refractivity contribution in [3.05, 3.63) is 100 Å². The van der Waals surface area contributed by atoms with Crippen molar-refractivity contribution in [2.75, 3.05) is 5.32 Å². The minimum Gasteiger partial charge on any atom is -0.506 e. The number of anilines is 1. The number of nitrogens with zero attached hydrogens (tertiary/aromatic N) is 2. The molecule has 0 aliphatic rings. The van der Waals surface area contributed by atoms with Crippen molar-refractivity contribution in [3.63, 3.8) is 0 Å². The number of phenolic OH excluding ortho intramolecular Hbond substituents is 1. The van der Waals surface area contributed by atoms with Gasteiger partial charge in [0.1, 0.15) is 11.3 Å². The molecule has 4 aromatic rings. The largest absolute Gasteiger partial charge is 0.506 e. The molecule has 0 aliphatic carbocycles. The van der Waals surface area contributed by atoms with E-state index in [1.165, 1.54) is 17.8 Å². The number of nitrogens with one attached hydrogen (secondary N) is 1. The molecule has 0 aliphatic heterocycles. The van der Waals surface area contributed by atoms with E-state index in [-0.39, 0.29) is 17.0 Å². The monoisotopic (exact) mass is 411 g/mol. The highest BCUT2D eigenvalue weighted by molar-refractivity contribution is 6.10. The zero-order chi connectivity index (χ0) is 22.0. The standard InChI is InChI=1S/C25H21N3O3/c1-16-13-14-20(29)19(15-16)26-24(30)22-21(17-9-5-3-6-10-17)23(27-28(2)25(22)31)18-11-7-4-8-12-18/h3-15,29H,1-2H3,(H,26,30). The van der Waals surface area contributed by atoms with E-state index in [0.717, 1.165) is 11.1 Å². The summed E-state index contributed by atoms with van der Waals surface area (Å²) >= 11 is 0. The molecule has 0 saturated carbocycles. The molecule has 6 heteroatoms. The maximum absolute atomic E-state index is 13.4. The van der Waals surface area contributed by atoms with Crippen LogP contribution in [0.2, 0.25) is 0 Å². The summed E-state index contributed by atoms with van der Waals surface area (Å²) in [6.45, 7) is 1.85. The molecule has 0 radical (unpaired) electrons. The van der Waals surface area contributed by atoms with Gasteiger partial charge in [0.2, 0.25) is 0 Å². The van der Waals surface area contributed by atoms with E-state index >= 15 is 0 Å². The molecule has 0 saturated heterocycles. The van der Waals surface area contributed by atoms with E-state index < -0.39 is 11.5 Å². The van der Waals surface area contributed by atoms with Crippen molar-refractivity contribution in [1.82, 2.24) is 9.78 Å². The first-order valence-corrected chi connectivity index (χ1v) is 9.79. The van der Waals surface area contributed by atoms with Gasteiger partial charge >= 0.3 is 0 Å². The average molecular weight is 411 g/mol. The molecule has 154 valence electrons. The number of benzene rings is 3. The molecule has 0 atom stereocenters. The number of aromatic hydroxyl groups is 1. The van der Waals surface area contributed by atoms with Crippen LogP contribution >= 0.6 is 0 Å². The molecule has 1 heterocycles. The fraction of sp³-hybridized carbons (Fsp3) is 0.0800. The summed E-state index contributed by atoms with van der Waals surface area (Å²) in [4.78, 5) is 26.5. The van der Waals surface area contributed by atoms with Crippen LogP contribution in [0, 0.1) is 6.92 Å². The Hall–Kier alpha value is -4.19. The van der Waals surface area contributed by atoms with E-state index in [1.54, 1.807) is 12.1 Å². The van der Waals surface area contributed by atoms with Gasteiger partial charge in [-0.2, -0.15) is 5.10 Å². The third kappa shape index (κ3) is 3.96. The van der Waals surface area contributed by atoms with Crippen molar-refractivity contribution in [1.29, 1.82) is 0 Å². The van der Waals surface area contributed by atoms with Crippen molar-refractivity contribution < 1.29 is 9.90 Å². The summed E-state index contributed by atoms with van der Waals surface area (Å²) in [7, 11) is 1.52. The summed E-state index contributed by atoms with van der Waals surface area (Å²) < 4.78 is 1.17. The Morgan fingerprint density at radius 2 is 1.55 bits per heavy atom. The first-order chi connectivity index (χ1) is 15.0. The minimum absolute atomic E-state index is 0.0385. The van der Waals surface area contributed by atoms with E-state index in [9.17, 15) is 14.7 Å². The Labute approximate surface area is 179 Å². The summed E-state index contributed by atoms with van der Waals surface area (Å²) in [5.74, 6) is -0.686. The van der Waals surface area contributed by atoms with Gasteiger partial charge in [-0.1, -0.05) is 66.7 Å². The number of rotatable bonds is 4. The summed E-state index contributed by atoms with van der Waals surface area (Å²) in [6, 6.07) is 23.5. The lowest BCUT2D eigenvalue weighted by Crippen LogP contribution is -2.31. The van der Waals surface area contributed by atoms with Gasteiger partial charge in [0.15, 0.2) is 0 Å². The molecule has 1 aromatic heterocycles. The highest BCUT2D eigenvalue weighted by Gasteiger charge is 2.25. The van der Waals surface area contributed by atoms with Crippen LogP contribution in [0.15, 0.2) is 83.7 Å². The highest BCUT2D eigenvalue weighted by atomic mass is 16.3. The van der Waals surface area contributed by atoms with Crippen LogP contribution in [0.4, 0.5) is 5.69 Å². The van der Waals surface area contributed by atoms with Crippen LogP contribution in [0.1, 0.15) is 15.9 Å². The number of hydrogen-bond acceptors (Lipinski definition) is 4. The zero-order valence-electron chi connectivity index (χ0n) is 17.2. The summed E-state index contributed by atoms with van der Waals surface area (Å²) in [5, 5.41) is 17.3. The van der Waals surface area contributed by atoms with Gasteiger partial charge in [0.25, 0.3) is 11.5 Å². The molecular formula is C25H21N3O3. The number of carbonyl (C=O) groups is 1. The minimum atomic E-state index is -0.611. The molecule has 0 unspecified atom stereocenters. The lowest BCUT2D eigenvalue weighted by Gasteiger charge is -2.16. The fourth-order valence-electron chi connectivity index (χ4n) is 3.46. The molecule has 31 heavy (non-hydrogen) atoms. The van der Waals surface area contributed by atoms with Gasteiger partial charge < -0.3 is 10.4 Å². The molecule has 2 N–H and O–H groups in total. The smallest absolute Gasteiger partial charge is 0.280 e. The predicted molar refractivity (Wildman–Crippen MR) is 121 cm³/mol. The van der Waals surface area contributed by atoms with Gasteiger partial charge in [-0.25, -0.2) is 4.68 Å². The second-order valence-electron chi connectivity index (χ2n) is 7.23. The quantitative estimate of drug-likeness (QED) is 0.488. The SMILES string of the molecule is Cc1ccc(O)c(NC(=O)c2c(-c3ccccc3)c(-c3ccccc3)nn(C)c2=O)c1. The number of amides is 1. The third-order valence-corrected chi connectivity index (χ3v) is 4.98. The first kappa shape index (κ1) is 20.1. The summed E-state index contributed by atoms with van der Waals surface area (Å²) in [6.07, 6.45) is 0. The molecule has 4 rings (SSSR count). The molecule has 0 spiro atoms. The Morgan fingerprint density at radius 1 is 0.935 bits per heavy atom. The molecule has 1 amide bonds. The molecule has 0 fully saturated rings. The molecule has 3 aromatic carbocycles. The van der Waals surface area contributed by atoms with Crippen LogP contribution in [-0.2, 0) is 7.05 Å². The topological polar surface area (TPSA) is 84.2 Å². The Kier molecular flexibility index (Phi) is 5.37. The average Bonchev–Trinajstić information content (AvgIpc) is 2.78. The Morgan fingerprint density at radius 3 is 2.19 bits per heavy atom. The van der Waals surface area contributed by atoms with Crippen LogP contribution in [0.5, 0.6) is 5.75 Å². The summed E-state index contributed by atoms with van der Waals surface area (Å²) in [5.41, 5.74) is 2.99.